The molecular weight excluding hydrogens is 473 g/mol. The zero-order valence-electron chi connectivity index (χ0n) is 19.5. The van der Waals surface area contributed by atoms with E-state index in [2.05, 4.69) is 105 Å². The number of rotatable bonds is 7. The SMILES string of the molecule is CCCN(CCC)c1ccc(C=CC2=[N+](C)c3ccc4ccccc4c3C2(C)C)s1.[Y]. The van der Waals surface area contributed by atoms with Crippen molar-refractivity contribution in [3.8, 4) is 0 Å². The second-order valence-corrected chi connectivity index (χ2v) is 9.84. The van der Waals surface area contributed by atoms with E-state index in [-0.39, 0.29) is 38.1 Å². The van der Waals surface area contributed by atoms with Gasteiger partial charge in [0.2, 0.25) is 5.69 Å². The molecule has 0 spiro atoms. The predicted molar refractivity (Wildman–Crippen MR) is 134 cm³/mol. The summed E-state index contributed by atoms with van der Waals surface area (Å²) in [5.74, 6) is 0. The molecule has 0 amide bonds. The Morgan fingerprint density at radius 2 is 1.65 bits per heavy atom. The molecule has 2 heterocycles. The Morgan fingerprint density at radius 1 is 0.935 bits per heavy atom. The monoisotopic (exact) mass is 506 g/mol. The van der Waals surface area contributed by atoms with Crippen LogP contribution >= 0.6 is 11.3 Å². The number of anilines is 1. The minimum Gasteiger partial charge on any atom is -0.363 e. The molecule has 1 aliphatic heterocycles. The molecule has 0 N–H and O–H groups in total. The molecule has 0 fully saturated rings. The third-order valence-electron chi connectivity index (χ3n) is 6.21. The van der Waals surface area contributed by atoms with Gasteiger partial charge in [0.15, 0.2) is 5.71 Å². The van der Waals surface area contributed by atoms with E-state index in [0.29, 0.717) is 0 Å². The Hall–Kier alpha value is -1.29. The third-order valence-corrected chi connectivity index (χ3v) is 7.32. The Balaban J connectivity index is 0.00000272. The van der Waals surface area contributed by atoms with E-state index in [9.17, 15) is 0 Å². The van der Waals surface area contributed by atoms with Crippen molar-refractivity contribution in [2.24, 2.45) is 0 Å². The van der Waals surface area contributed by atoms with Crippen molar-refractivity contribution in [2.75, 3.05) is 25.0 Å². The number of benzene rings is 2. The number of thiophene rings is 1. The van der Waals surface area contributed by atoms with Crippen LogP contribution in [0.25, 0.3) is 16.8 Å². The molecule has 159 valence electrons. The Morgan fingerprint density at radius 3 is 2.35 bits per heavy atom. The second-order valence-electron chi connectivity index (χ2n) is 8.75. The van der Waals surface area contributed by atoms with Gasteiger partial charge in [0.05, 0.1) is 10.4 Å². The maximum Gasteiger partial charge on any atom is 0.210 e. The van der Waals surface area contributed by atoms with Crippen LogP contribution in [0.5, 0.6) is 0 Å². The van der Waals surface area contributed by atoms with Crippen LogP contribution in [0.2, 0.25) is 0 Å². The van der Waals surface area contributed by atoms with E-state index in [1.54, 1.807) is 0 Å². The average Bonchev–Trinajstić information content (AvgIpc) is 3.28. The van der Waals surface area contributed by atoms with Crippen LogP contribution in [0.4, 0.5) is 10.7 Å². The fraction of sp³-hybridized carbons (Fsp3) is 0.370. The summed E-state index contributed by atoms with van der Waals surface area (Å²) in [4.78, 5) is 3.84. The summed E-state index contributed by atoms with van der Waals surface area (Å²) in [6.45, 7) is 11.5. The molecule has 1 radical (unpaired) electrons. The van der Waals surface area contributed by atoms with Gasteiger partial charge in [-0.05, 0) is 61.7 Å². The van der Waals surface area contributed by atoms with E-state index in [1.807, 2.05) is 11.3 Å². The van der Waals surface area contributed by atoms with Crippen LogP contribution in [0.1, 0.15) is 51.0 Å². The van der Waals surface area contributed by atoms with Crippen molar-refractivity contribution >= 4 is 44.6 Å². The van der Waals surface area contributed by atoms with Gasteiger partial charge in [-0.3, -0.25) is 0 Å². The second kappa shape index (κ2) is 10.1. The first-order valence-electron chi connectivity index (χ1n) is 11.1. The molecule has 2 nitrogen and oxygen atoms in total. The summed E-state index contributed by atoms with van der Waals surface area (Å²) >= 11 is 1.90. The van der Waals surface area contributed by atoms with Gasteiger partial charge in [-0.15, -0.1) is 11.3 Å². The van der Waals surface area contributed by atoms with E-state index >= 15 is 0 Å². The first kappa shape index (κ1) is 24.4. The molecule has 31 heavy (non-hydrogen) atoms. The van der Waals surface area contributed by atoms with Crippen LogP contribution in [-0.4, -0.2) is 30.4 Å². The molecule has 4 rings (SSSR count). The Bertz CT molecular complexity index is 1120. The van der Waals surface area contributed by atoms with Crippen LogP contribution in [0.3, 0.4) is 0 Å². The predicted octanol–water partition coefficient (Wildman–Crippen LogP) is 7.24. The maximum absolute atomic E-state index is 2.52. The van der Waals surface area contributed by atoms with Crippen molar-refractivity contribution in [3.05, 3.63) is 65.0 Å². The molecule has 0 unspecified atom stereocenters. The zero-order chi connectivity index (χ0) is 21.3. The fourth-order valence-electron chi connectivity index (χ4n) is 4.83. The minimum absolute atomic E-state index is 0. The number of allylic oxidation sites excluding steroid dienone is 1. The molecule has 0 saturated heterocycles. The Kier molecular flexibility index (Phi) is 7.94. The Labute approximate surface area is 216 Å². The summed E-state index contributed by atoms with van der Waals surface area (Å²) in [6, 6.07) is 17.8. The molecule has 0 bridgehead atoms. The molecule has 1 aliphatic rings. The van der Waals surface area contributed by atoms with Gasteiger partial charge in [-0.2, -0.15) is 4.58 Å². The van der Waals surface area contributed by atoms with Gasteiger partial charge in [-0.25, -0.2) is 0 Å². The van der Waals surface area contributed by atoms with E-state index < -0.39 is 0 Å². The van der Waals surface area contributed by atoms with Gasteiger partial charge in [0, 0.05) is 68.4 Å². The van der Waals surface area contributed by atoms with Crippen molar-refractivity contribution in [3.63, 3.8) is 0 Å². The number of hydrogen-bond donors (Lipinski definition) is 0. The average molecular weight is 507 g/mol. The van der Waals surface area contributed by atoms with Crippen LogP contribution in [0.15, 0.2) is 54.6 Å². The summed E-state index contributed by atoms with van der Waals surface area (Å²) in [5, 5.41) is 4.07. The molecule has 2 aromatic carbocycles. The summed E-state index contributed by atoms with van der Waals surface area (Å²) in [5.41, 5.74) is 4.08. The summed E-state index contributed by atoms with van der Waals surface area (Å²) in [6.07, 6.45) is 7.00. The van der Waals surface area contributed by atoms with Crippen molar-refractivity contribution in [2.45, 2.75) is 46.0 Å². The van der Waals surface area contributed by atoms with E-state index in [1.165, 1.54) is 50.5 Å². The number of nitrogens with zero attached hydrogens (tertiary/aromatic N) is 2. The first-order valence-corrected chi connectivity index (χ1v) is 11.9. The molecule has 0 atom stereocenters. The van der Waals surface area contributed by atoms with Gasteiger partial charge < -0.3 is 4.90 Å². The molecule has 0 aliphatic carbocycles. The van der Waals surface area contributed by atoms with Gasteiger partial charge in [-0.1, -0.05) is 38.1 Å². The van der Waals surface area contributed by atoms with Crippen molar-refractivity contribution < 1.29 is 37.3 Å². The quantitative estimate of drug-likeness (QED) is 0.306. The van der Waals surface area contributed by atoms with Gasteiger partial charge >= 0.3 is 0 Å². The molecular formula is C27H33N2SY+. The fourth-order valence-corrected chi connectivity index (χ4v) is 5.79. The number of fused-ring (bicyclic) bond motifs is 3. The molecule has 1 aromatic heterocycles. The summed E-state index contributed by atoms with van der Waals surface area (Å²) < 4.78 is 2.37. The van der Waals surface area contributed by atoms with Crippen molar-refractivity contribution in [1.29, 1.82) is 0 Å². The van der Waals surface area contributed by atoms with Crippen LogP contribution in [0, 0.1) is 0 Å². The molecule has 3 aromatic rings. The molecule has 0 saturated carbocycles. The smallest absolute Gasteiger partial charge is 0.210 e. The normalized spacial score (nSPS) is 14.9. The molecule has 4 heteroatoms. The largest absolute Gasteiger partial charge is 0.363 e. The van der Waals surface area contributed by atoms with Gasteiger partial charge in [0.25, 0.3) is 0 Å². The van der Waals surface area contributed by atoms with E-state index in [0.717, 1.165) is 13.1 Å². The third kappa shape index (κ3) is 4.60. The number of hydrogen-bond acceptors (Lipinski definition) is 2. The van der Waals surface area contributed by atoms with E-state index in [4.69, 9.17) is 0 Å². The van der Waals surface area contributed by atoms with Crippen molar-refractivity contribution in [1.82, 2.24) is 0 Å². The summed E-state index contributed by atoms with van der Waals surface area (Å²) in [7, 11) is 2.20. The van der Waals surface area contributed by atoms with Crippen LogP contribution in [-0.2, 0) is 38.1 Å². The standard InChI is InChI=1S/C27H33N2S.Y/c1-6-18-29(19-7-2)25-17-14-21(30-25)13-16-24-27(3,4)26-22-11-9-8-10-20(22)12-15-23(26)28(24)5;/h8-17H,6-7,18-19H2,1-5H3;/q+1;. The topological polar surface area (TPSA) is 6.25 Å². The van der Waals surface area contributed by atoms with Gasteiger partial charge in [0.1, 0.15) is 7.05 Å². The maximum atomic E-state index is 2.52. The van der Waals surface area contributed by atoms with Crippen LogP contribution < -0.4 is 4.90 Å². The zero-order valence-corrected chi connectivity index (χ0v) is 23.1. The minimum atomic E-state index is -0.0298. The first-order chi connectivity index (χ1) is 14.5.